The number of rotatable bonds is 5. The van der Waals surface area contributed by atoms with Gasteiger partial charge in [0.25, 0.3) is 0 Å². The number of carbonyl (C=O) groups excluding carboxylic acids is 1. The van der Waals surface area contributed by atoms with E-state index in [1.807, 2.05) is 0 Å². The lowest BCUT2D eigenvalue weighted by atomic mass is 9.79. The third kappa shape index (κ3) is 2.42. The zero-order valence-electron chi connectivity index (χ0n) is 12.3. The predicted molar refractivity (Wildman–Crippen MR) is 74.1 cm³/mol. The summed E-state index contributed by atoms with van der Waals surface area (Å²) in [6.07, 6.45) is 6.42. The quantitative estimate of drug-likeness (QED) is 0.816. The molecule has 2 fully saturated rings. The lowest BCUT2D eigenvalue weighted by Gasteiger charge is -2.39. The normalized spacial score (nSPS) is 30.9. The molecule has 3 atom stereocenters. The van der Waals surface area contributed by atoms with E-state index in [1.54, 1.807) is 0 Å². The van der Waals surface area contributed by atoms with Gasteiger partial charge >= 0.3 is 0 Å². The Balaban J connectivity index is 2.10. The Hall–Kier alpha value is -0.570. The van der Waals surface area contributed by atoms with Crippen molar-refractivity contribution in [3.63, 3.8) is 0 Å². The van der Waals surface area contributed by atoms with Gasteiger partial charge in [-0.05, 0) is 38.0 Å². The number of carbonyl (C=O) groups is 1. The van der Waals surface area contributed by atoms with E-state index in [1.165, 1.54) is 19.3 Å². The topological polar surface area (TPSA) is 32.3 Å². The molecule has 3 unspecified atom stereocenters. The van der Waals surface area contributed by atoms with Crippen molar-refractivity contribution in [1.29, 1.82) is 0 Å². The van der Waals surface area contributed by atoms with Crippen molar-refractivity contribution < 1.29 is 4.79 Å². The van der Waals surface area contributed by atoms with E-state index in [-0.39, 0.29) is 12.2 Å². The summed E-state index contributed by atoms with van der Waals surface area (Å²) >= 11 is 0. The Kier molecular flexibility index (Phi) is 4.31. The summed E-state index contributed by atoms with van der Waals surface area (Å²) in [5.41, 5.74) is 0. The Morgan fingerprint density at radius 3 is 2.44 bits per heavy atom. The van der Waals surface area contributed by atoms with Gasteiger partial charge in [0, 0.05) is 6.04 Å². The maximum absolute atomic E-state index is 12.6. The monoisotopic (exact) mass is 252 g/mol. The fourth-order valence-electron chi connectivity index (χ4n) is 3.28. The van der Waals surface area contributed by atoms with E-state index in [2.05, 4.69) is 37.9 Å². The Bertz CT molecular complexity index is 299. The molecule has 0 radical (unpaired) electrons. The van der Waals surface area contributed by atoms with Gasteiger partial charge in [0.15, 0.2) is 0 Å². The molecule has 2 rings (SSSR count). The van der Waals surface area contributed by atoms with Gasteiger partial charge in [-0.3, -0.25) is 10.1 Å². The molecule has 0 aromatic rings. The van der Waals surface area contributed by atoms with E-state index in [9.17, 15) is 4.79 Å². The first kappa shape index (κ1) is 13.9. The van der Waals surface area contributed by atoms with Crippen LogP contribution >= 0.6 is 0 Å². The van der Waals surface area contributed by atoms with Crippen LogP contribution in [0, 0.1) is 11.8 Å². The molecule has 0 aromatic heterocycles. The van der Waals surface area contributed by atoms with Gasteiger partial charge in [0.05, 0.1) is 12.2 Å². The Morgan fingerprint density at radius 2 is 2.00 bits per heavy atom. The highest BCUT2D eigenvalue weighted by atomic mass is 16.2. The molecule has 3 nitrogen and oxygen atoms in total. The third-order valence-corrected chi connectivity index (χ3v) is 4.73. The van der Waals surface area contributed by atoms with Crippen molar-refractivity contribution >= 4 is 5.91 Å². The van der Waals surface area contributed by atoms with E-state index in [0.717, 1.165) is 18.8 Å². The number of hydrogen-bond acceptors (Lipinski definition) is 2. The van der Waals surface area contributed by atoms with Crippen LogP contribution in [0.15, 0.2) is 0 Å². The number of amides is 1. The second-order valence-electron chi connectivity index (χ2n) is 6.37. The van der Waals surface area contributed by atoms with Crippen molar-refractivity contribution in [1.82, 2.24) is 10.2 Å². The average molecular weight is 252 g/mol. The van der Waals surface area contributed by atoms with Gasteiger partial charge in [0.1, 0.15) is 0 Å². The van der Waals surface area contributed by atoms with Crippen molar-refractivity contribution in [2.45, 2.75) is 78.0 Å². The predicted octanol–water partition coefficient (Wildman–Crippen LogP) is 2.76. The summed E-state index contributed by atoms with van der Waals surface area (Å²) in [6.45, 7) is 8.71. The van der Waals surface area contributed by atoms with Crippen LogP contribution in [0.1, 0.15) is 59.8 Å². The first-order valence-corrected chi connectivity index (χ1v) is 7.64. The van der Waals surface area contributed by atoms with Crippen molar-refractivity contribution in [3.05, 3.63) is 0 Å². The molecular formula is C15H28N2O. The van der Waals surface area contributed by atoms with Crippen LogP contribution in [-0.2, 0) is 4.79 Å². The van der Waals surface area contributed by atoms with E-state index in [4.69, 9.17) is 0 Å². The number of nitrogens with zero attached hydrogens (tertiary/aromatic N) is 1. The van der Waals surface area contributed by atoms with Crippen LogP contribution in [0.2, 0.25) is 0 Å². The molecule has 1 saturated carbocycles. The molecule has 3 heteroatoms. The summed E-state index contributed by atoms with van der Waals surface area (Å²) in [7, 11) is 0. The zero-order valence-corrected chi connectivity index (χ0v) is 12.3. The SMILES string of the molecule is CCCC1NC(C(C)C)C(=O)N1C(C)C1CCC1. The molecule has 1 aliphatic carbocycles. The van der Waals surface area contributed by atoms with Gasteiger partial charge in [0.2, 0.25) is 5.91 Å². The molecule has 1 amide bonds. The number of nitrogens with one attached hydrogen (secondary N) is 1. The number of hydrogen-bond donors (Lipinski definition) is 1. The largest absolute Gasteiger partial charge is 0.323 e. The Labute approximate surface area is 111 Å². The molecule has 1 saturated heterocycles. The van der Waals surface area contributed by atoms with Gasteiger partial charge in [-0.1, -0.05) is 33.6 Å². The first-order valence-electron chi connectivity index (χ1n) is 7.64. The van der Waals surface area contributed by atoms with Crippen LogP contribution in [0.3, 0.4) is 0 Å². The fourth-order valence-corrected chi connectivity index (χ4v) is 3.28. The molecule has 104 valence electrons. The lowest BCUT2D eigenvalue weighted by molar-refractivity contribution is -0.134. The highest BCUT2D eigenvalue weighted by Crippen LogP contribution is 2.35. The van der Waals surface area contributed by atoms with Crippen LogP contribution in [0.25, 0.3) is 0 Å². The summed E-state index contributed by atoms with van der Waals surface area (Å²) in [6, 6.07) is 0.447. The molecule has 18 heavy (non-hydrogen) atoms. The van der Waals surface area contributed by atoms with E-state index >= 15 is 0 Å². The van der Waals surface area contributed by atoms with Gasteiger partial charge in [-0.25, -0.2) is 0 Å². The standard InChI is InChI=1S/C15H28N2O/c1-5-7-13-16-14(10(2)3)15(18)17(13)11(4)12-8-6-9-12/h10-14,16H,5-9H2,1-4H3. The van der Waals surface area contributed by atoms with Crippen LogP contribution in [0.4, 0.5) is 0 Å². The Morgan fingerprint density at radius 1 is 1.33 bits per heavy atom. The maximum atomic E-state index is 12.6. The summed E-state index contributed by atoms with van der Waals surface area (Å²) in [5, 5.41) is 3.55. The first-order chi connectivity index (χ1) is 8.56. The molecule has 0 aromatic carbocycles. The zero-order chi connectivity index (χ0) is 13.3. The molecular weight excluding hydrogens is 224 g/mol. The summed E-state index contributed by atoms with van der Waals surface area (Å²) in [4.78, 5) is 14.7. The van der Waals surface area contributed by atoms with Crippen LogP contribution in [-0.4, -0.2) is 29.1 Å². The molecule has 1 aliphatic heterocycles. The van der Waals surface area contributed by atoms with Gasteiger partial charge in [-0.15, -0.1) is 0 Å². The summed E-state index contributed by atoms with van der Waals surface area (Å²) in [5.74, 6) is 1.46. The van der Waals surface area contributed by atoms with Gasteiger partial charge in [-0.2, -0.15) is 0 Å². The van der Waals surface area contributed by atoms with Gasteiger partial charge < -0.3 is 4.90 Å². The fraction of sp³-hybridized carbons (Fsp3) is 0.933. The molecule has 0 bridgehead atoms. The highest BCUT2D eigenvalue weighted by molar-refractivity contribution is 5.85. The van der Waals surface area contributed by atoms with E-state index in [0.29, 0.717) is 17.9 Å². The third-order valence-electron chi connectivity index (χ3n) is 4.73. The van der Waals surface area contributed by atoms with Crippen LogP contribution < -0.4 is 5.32 Å². The minimum Gasteiger partial charge on any atom is -0.323 e. The smallest absolute Gasteiger partial charge is 0.241 e. The lowest BCUT2D eigenvalue weighted by Crippen LogP contribution is -2.48. The second kappa shape index (κ2) is 5.60. The van der Waals surface area contributed by atoms with E-state index < -0.39 is 0 Å². The maximum Gasteiger partial charge on any atom is 0.241 e. The average Bonchev–Trinajstić information content (AvgIpc) is 2.53. The van der Waals surface area contributed by atoms with Crippen LogP contribution in [0.5, 0.6) is 0 Å². The minimum atomic E-state index is 0.0316. The highest BCUT2D eigenvalue weighted by Gasteiger charge is 2.44. The van der Waals surface area contributed by atoms with Crippen molar-refractivity contribution in [2.75, 3.05) is 0 Å². The van der Waals surface area contributed by atoms with Crippen molar-refractivity contribution in [3.8, 4) is 0 Å². The molecule has 0 spiro atoms. The minimum absolute atomic E-state index is 0.0316. The summed E-state index contributed by atoms with van der Waals surface area (Å²) < 4.78 is 0. The molecule has 1 heterocycles. The molecule has 1 N–H and O–H groups in total. The second-order valence-corrected chi connectivity index (χ2v) is 6.37. The van der Waals surface area contributed by atoms with Crippen molar-refractivity contribution in [2.24, 2.45) is 11.8 Å². The molecule has 2 aliphatic rings.